The molecule has 0 bridgehead atoms. The van der Waals surface area contributed by atoms with Gasteiger partial charge in [-0.3, -0.25) is 29.1 Å². The van der Waals surface area contributed by atoms with Crippen LogP contribution in [0.5, 0.6) is 0 Å². The van der Waals surface area contributed by atoms with Gasteiger partial charge in [-0.2, -0.15) is 0 Å². The lowest BCUT2D eigenvalue weighted by molar-refractivity contribution is -0.134. The van der Waals surface area contributed by atoms with Gasteiger partial charge in [0.15, 0.2) is 5.78 Å². The van der Waals surface area contributed by atoms with E-state index in [0.29, 0.717) is 38.6 Å². The summed E-state index contributed by atoms with van der Waals surface area (Å²) >= 11 is 0. The standard InChI is InChI=1S/C29H37N5O6/c1-20(31-25(35)18-34-12-14-39-15-13-34)27(37)33-24(17-22-10-6-7-11-30-22)28(38)32-23(26(36)29(2)19-40-29)16-21-8-4-3-5-9-21/h3-11,20,23-24H,12-19H2,1-2H3,(H,31,35)(H,32,38)(H,33,37)/t20-,23-,24-,29?/m0/s1. The van der Waals surface area contributed by atoms with Crippen molar-refractivity contribution in [2.45, 2.75) is 50.4 Å². The Morgan fingerprint density at radius 3 is 2.25 bits per heavy atom. The maximum atomic E-state index is 13.6. The van der Waals surface area contributed by atoms with E-state index in [1.165, 1.54) is 0 Å². The van der Waals surface area contributed by atoms with E-state index < -0.39 is 35.5 Å². The summed E-state index contributed by atoms with van der Waals surface area (Å²) in [5.41, 5.74) is 0.536. The third kappa shape index (κ3) is 8.41. The number of nitrogens with one attached hydrogen (secondary N) is 3. The van der Waals surface area contributed by atoms with Crippen molar-refractivity contribution in [1.82, 2.24) is 25.8 Å². The molecule has 11 heteroatoms. The number of epoxide rings is 1. The molecule has 2 aromatic rings. The summed E-state index contributed by atoms with van der Waals surface area (Å²) in [5, 5.41) is 8.31. The molecule has 1 aromatic heterocycles. The van der Waals surface area contributed by atoms with Gasteiger partial charge in [-0.1, -0.05) is 36.4 Å². The minimum atomic E-state index is -1.03. The summed E-state index contributed by atoms with van der Waals surface area (Å²) in [6, 6.07) is 11.9. The van der Waals surface area contributed by atoms with Gasteiger partial charge in [-0.05, 0) is 38.0 Å². The highest BCUT2D eigenvalue weighted by atomic mass is 16.6. The van der Waals surface area contributed by atoms with Crippen LogP contribution in [-0.2, 0) is 41.5 Å². The molecule has 3 amide bonds. The number of morpholine rings is 1. The second-order valence-electron chi connectivity index (χ2n) is 10.4. The molecule has 40 heavy (non-hydrogen) atoms. The fraction of sp³-hybridized carbons (Fsp3) is 0.483. The van der Waals surface area contributed by atoms with Crippen LogP contribution in [0.3, 0.4) is 0 Å². The van der Waals surface area contributed by atoms with Crippen molar-refractivity contribution in [2.24, 2.45) is 0 Å². The molecule has 4 atom stereocenters. The minimum Gasteiger partial charge on any atom is -0.379 e. The number of ketones is 1. The second-order valence-corrected chi connectivity index (χ2v) is 10.4. The lowest BCUT2D eigenvalue weighted by atomic mass is 9.94. The zero-order valence-electron chi connectivity index (χ0n) is 22.9. The van der Waals surface area contributed by atoms with E-state index in [1.807, 2.05) is 35.2 Å². The summed E-state index contributed by atoms with van der Waals surface area (Å²) < 4.78 is 10.7. The van der Waals surface area contributed by atoms with Crippen molar-refractivity contribution in [2.75, 3.05) is 39.5 Å². The van der Waals surface area contributed by atoms with E-state index in [4.69, 9.17) is 9.47 Å². The lowest BCUT2D eigenvalue weighted by Gasteiger charge is -2.27. The molecule has 2 aliphatic rings. The van der Waals surface area contributed by atoms with E-state index in [9.17, 15) is 19.2 Å². The first-order valence-corrected chi connectivity index (χ1v) is 13.6. The average molecular weight is 552 g/mol. The number of rotatable bonds is 13. The highest BCUT2D eigenvalue weighted by Gasteiger charge is 2.50. The first kappa shape index (κ1) is 29.3. The van der Waals surface area contributed by atoms with E-state index in [1.54, 1.807) is 38.2 Å². The SMILES string of the molecule is C[C@H](NC(=O)CN1CCOCC1)C(=O)N[C@@H](Cc1ccccn1)C(=O)N[C@@H](Cc1ccccc1)C(=O)C1(C)CO1. The zero-order chi connectivity index (χ0) is 28.5. The molecule has 2 saturated heterocycles. The van der Waals surface area contributed by atoms with Gasteiger partial charge in [-0.25, -0.2) is 0 Å². The molecule has 4 rings (SSSR count). The highest BCUT2D eigenvalue weighted by molar-refractivity contribution is 5.98. The van der Waals surface area contributed by atoms with E-state index >= 15 is 0 Å². The first-order valence-electron chi connectivity index (χ1n) is 13.6. The number of hydrogen-bond acceptors (Lipinski definition) is 8. The number of nitrogens with zero attached hydrogens (tertiary/aromatic N) is 2. The van der Waals surface area contributed by atoms with Gasteiger partial charge >= 0.3 is 0 Å². The monoisotopic (exact) mass is 551 g/mol. The Kier molecular flexibility index (Phi) is 9.97. The molecule has 0 saturated carbocycles. The Morgan fingerprint density at radius 1 is 0.925 bits per heavy atom. The average Bonchev–Trinajstić information content (AvgIpc) is 3.71. The van der Waals surface area contributed by atoms with Crippen LogP contribution in [0.1, 0.15) is 25.1 Å². The normalized spacial score (nSPS) is 20.9. The summed E-state index contributed by atoms with van der Waals surface area (Å²) in [7, 11) is 0. The Balaban J connectivity index is 1.44. The van der Waals surface area contributed by atoms with Crippen molar-refractivity contribution >= 4 is 23.5 Å². The fourth-order valence-electron chi connectivity index (χ4n) is 4.50. The Labute approximate surface area is 234 Å². The molecule has 1 unspecified atom stereocenters. The van der Waals surface area contributed by atoms with Gasteiger partial charge in [-0.15, -0.1) is 0 Å². The molecule has 0 radical (unpaired) electrons. The van der Waals surface area contributed by atoms with Gasteiger partial charge in [0.25, 0.3) is 0 Å². The van der Waals surface area contributed by atoms with Crippen LogP contribution < -0.4 is 16.0 Å². The number of carbonyl (C=O) groups excluding carboxylic acids is 4. The maximum absolute atomic E-state index is 13.6. The van der Waals surface area contributed by atoms with Gasteiger partial charge in [0.1, 0.15) is 17.7 Å². The van der Waals surface area contributed by atoms with Crippen LogP contribution in [-0.4, -0.2) is 96.6 Å². The predicted molar refractivity (Wildman–Crippen MR) is 146 cm³/mol. The molecular formula is C29H37N5O6. The number of ether oxygens (including phenoxy) is 2. The minimum absolute atomic E-state index is 0.104. The molecule has 3 N–H and O–H groups in total. The quantitative estimate of drug-likeness (QED) is 0.296. The van der Waals surface area contributed by atoms with Gasteiger partial charge in [0, 0.05) is 31.4 Å². The number of amides is 3. The molecule has 11 nitrogen and oxygen atoms in total. The summed E-state index contributed by atoms with van der Waals surface area (Å²) in [6.45, 7) is 6.13. The third-order valence-electron chi connectivity index (χ3n) is 7.03. The van der Waals surface area contributed by atoms with Gasteiger partial charge < -0.3 is 25.4 Å². The van der Waals surface area contributed by atoms with Crippen molar-refractivity contribution in [3.05, 3.63) is 66.0 Å². The third-order valence-corrected chi connectivity index (χ3v) is 7.03. The van der Waals surface area contributed by atoms with Crippen LogP contribution in [0.15, 0.2) is 54.7 Å². The number of pyridine rings is 1. The van der Waals surface area contributed by atoms with E-state index in [2.05, 4.69) is 20.9 Å². The Bertz CT molecular complexity index is 1170. The van der Waals surface area contributed by atoms with Crippen LogP contribution in [0.25, 0.3) is 0 Å². The smallest absolute Gasteiger partial charge is 0.243 e. The molecular weight excluding hydrogens is 514 g/mol. The zero-order valence-corrected chi connectivity index (χ0v) is 22.9. The Hall–Kier alpha value is -3.67. The van der Waals surface area contributed by atoms with Crippen molar-refractivity contribution in [1.29, 1.82) is 0 Å². The lowest BCUT2D eigenvalue weighted by Crippen LogP contribution is -2.57. The summed E-state index contributed by atoms with van der Waals surface area (Å²) in [6.07, 6.45) is 1.99. The topological polar surface area (TPSA) is 142 Å². The summed E-state index contributed by atoms with van der Waals surface area (Å²) in [5.74, 6) is -1.56. The number of Topliss-reactive ketones (excluding diaryl/α,β-unsaturated/α-hetero) is 1. The maximum Gasteiger partial charge on any atom is 0.243 e. The first-order chi connectivity index (χ1) is 19.2. The van der Waals surface area contributed by atoms with E-state index in [0.717, 1.165) is 5.56 Å². The van der Waals surface area contributed by atoms with Crippen molar-refractivity contribution in [3.63, 3.8) is 0 Å². The molecule has 2 fully saturated rings. The largest absolute Gasteiger partial charge is 0.379 e. The van der Waals surface area contributed by atoms with E-state index in [-0.39, 0.29) is 31.1 Å². The van der Waals surface area contributed by atoms with Crippen LogP contribution in [0.2, 0.25) is 0 Å². The molecule has 1 aromatic carbocycles. The number of carbonyl (C=O) groups is 4. The molecule has 2 aliphatic heterocycles. The highest BCUT2D eigenvalue weighted by Crippen LogP contribution is 2.29. The molecule has 0 aliphatic carbocycles. The molecule has 3 heterocycles. The predicted octanol–water partition coefficient (Wildman–Crippen LogP) is 0.0313. The van der Waals surface area contributed by atoms with Gasteiger partial charge in [0.2, 0.25) is 17.7 Å². The number of hydrogen-bond donors (Lipinski definition) is 3. The fourth-order valence-corrected chi connectivity index (χ4v) is 4.50. The number of benzene rings is 1. The van der Waals surface area contributed by atoms with Crippen LogP contribution >= 0.6 is 0 Å². The Morgan fingerprint density at radius 2 is 1.60 bits per heavy atom. The van der Waals surface area contributed by atoms with Gasteiger partial charge in [0.05, 0.1) is 32.4 Å². The second kappa shape index (κ2) is 13.6. The number of aromatic nitrogens is 1. The van der Waals surface area contributed by atoms with Crippen LogP contribution in [0, 0.1) is 0 Å². The van der Waals surface area contributed by atoms with Crippen LogP contribution in [0.4, 0.5) is 0 Å². The van der Waals surface area contributed by atoms with Crippen molar-refractivity contribution < 1.29 is 28.7 Å². The molecule has 0 spiro atoms. The van der Waals surface area contributed by atoms with Crippen molar-refractivity contribution in [3.8, 4) is 0 Å². The molecule has 214 valence electrons. The summed E-state index contributed by atoms with van der Waals surface area (Å²) in [4.78, 5) is 58.7.